The molecule has 0 radical (unpaired) electrons. The van der Waals surface area contributed by atoms with Gasteiger partial charge in [0.2, 0.25) is 0 Å². The van der Waals surface area contributed by atoms with Gasteiger partial charge in [-0.15, -0.1) is 0 Å². The molecule has 114 valence electrons. The summed E-state index contributed by atoms with van der Waals surface area (Å²) in [6.07, 6.45) is -4.46. The summed E-state index contributed by atoms with van der Waals surface area (Å²) >= 11 is 0. The highest BCUT2D eigenvalue weighted by Gasteiger charge is 2.37. The number of carbonyl (C=O) groups excluding carboxylic acids is 1. The van der Waals surface area contributed by atoms with Gasteiger partial charge in [-0.25, -0.2) is 4.79 Å². The van der Waals surface area contributed by atoms with Gasteiger partial charge in [0.05, 0.1) is 12.2 Å². The van der Waals surface area contributed by atoms with Gasteiger partial charge in [-0.3, -0.25) is 5.10 Å². The SMILES string of the molecule is CC(C)(C)OC(=O)NC(CN)c1cn[nH]c1C(F)(F)F. The molecule has 0 aromatic carbocycles. The Kier molecular flexibility index (Phi) is 4.64. The second-order valence-corrected chi connectivity index (χ2v) is 5.13. The van der Waals surface area contributed by atoms with E-state index in [1.54, 1.807) is 20.8 Å². The molecule has 1 amide bonds. The number of hydrogen-bond donors (Lipinski definition) is 3. The maximum atomic E-state index is 12.7. The molecule has 1 heterocycles. The molecule has 0 spiro atoms. The molecule has 0 saturated heterocycles. The topological polar surface area (TPSA) is 93.0 Å². The fourth-order valence-electron chi connectivity index (χ4n) is 1.50. The van der Waals surface area contributed by atoms with Crippen molar-refractivity contribution in [2.75, 3.05) is 6.54 Å². The third-order valence-electron chi connectivity index (χ3n) is 2.25. The summed E-state index contributed by atoms with van der Waals surface area (Å²) in [5.41, 5.74) is 3.38. The first-order valence-electron chi connectivity index (χ1n) is 5.84. The zero-order valence-corrected chi connectivity index (χ0v) is 11.3. The Morgan fingerprint density at radius 3 is 2.55 bits per heavy atom. The molecule has 1 aromatic rings. The molecule has 0 aliphatic heterocycles. The van der Waals surface area contributed by atoms with Crippen LogP contribution in [-0.4, -0.2) is 28.4 Å². The Balaban J connectivity index is 2.88. The predicted molar refractivity (Wildman–Crippen MR) is 64.8 cm³/mol. The van der Waals surface area contributed by atoms with E-state index in [2.05, 4.69) is 10.4 Å². The van der Waals surface area contributed by atoms with E-state index in [1.807, 2.05) is 5.10 Å². The highest BCUT2D eigenvalue weighted by molar-refractivity contribution is 5.68. The van der Waals surface area contributed by atoms with Crippen LogP contribution in [0.25, 0.3) is 0 Å². The zero-order chi connectivity index (χ0) is 15.6. The molecule has 9 heteroatoms. The Morgan fingerprint density at radius 1 is 1.50 bits per heavy atom. The van der Waals surface area contributed by atoms with Crippen molar-refractivity contribution in [2.45, 2.75) is 38.6 Å². The van der Waals surface area contributed by atoms with Crippen molar-refractivity contribution >= 4 is 6.09 Å². The number of hydrogen-bond acceptors (Lipinski definition) is 4. The number of nitrogens with zero attached hydrogens (tertiary/aromatic N) is 1. The van der Waals surface area contributed by atoms with Crippen molar-refractivity contribution in [3.8, 4) is 0 Å². The van der Waals surface area contributed by atoms with E-state index in [4.69, 9.17) is 10.5 Å². The molecule has 4 N–H and O–H groups in total. The van der Waals surface area contributed by atoms with Crippen molar-refractivity contribution < 1.29 is 22.7 Å². The summed E-state index contributed by atoms with van der Waals surface area (Å²) in [4.78, 5) is 11.6. The molecule has 0 aliphatic rings. The summed E-state index contributed by atoms with van der Waals surface area (Å²) < 4.78 is 43.2. The number of carbonyl (C=O) groups is 1. The fraction of sp³-hybridized carbons (Fsp3) is 0.636. The normalized spacial score (nSPS) is 13.9. The minimum Gasteiger partial charge on any atom is -0.444 e. The number of halogens is 3. The van der Waals surface area contributed by atoms with E-state index in [-0.39, 0.29) is 12.1 Å². The lowest BCUT2D eigenvalue weighted by Crippen LogP contribution is -2.38. The van der Waals surface area contributed by atoms with Crippen LogP contribution in [-0.2, 0) is 10.9 Å². The highest BCUT2D eigenvalue weighted by atomic mass is 19.4. The smallest absolute Gasteiger partial charge is 0.433 e. The van der Waals surface area contributed by atoms with Gasteiger partial charge in [-0.1, -0.05) is 0 Å². The summed E-state index contributed by atoms with van der Waals surface area (Å²) in [5.74, 6) is 0. The maximum Gasteiger partial charge on any atom is 0.433 e. The van der Waals surface area contributed by atoms with Gasteiger partial charge in [0.15, 0.2) is 0 Å². The van der Waals surface area contributed by atoms with Gasteiger partial charge >= 0.3 is 12.3 Å². The molecule has 1 atom stereocenters. The third kappa shape index (κ3) is 4.41. The van der Waals surface area contributed by atoms with Gasteiger partial charge in [-0.2, -0.15) is 18.3 Å². The van der Waals surface area contributed by atoms with Gasteiger partial charge in [-0.05, 0) is 20.8 Å². The second-order valence-electron chi connectivity index (χ2n) is 5.13. The monoisotopic (exact) mass is 294 g/mol. The Bertz CT molecular complexity index is 465. The number of nitrogens with one attached hydrogen (secondary N) is 2. The van der Waals surface area contributed by atoms with Crippen LogP contribution < -0.4 is 11.1 Å². The van der Waals surface area contributed by atoms with Gasteiger partial charge in [0, 0.05) is 12.1 Å². The lowest BCUT2D eigenvalue weighted by molar-refractivity contribution is -0.142. The Labute approximate surface area is 113 Å². The zero-order valence-electron chi connectivity index (χ0n) is 11.3. The van der Waals surface area contributed by atoms with Gasteiger partial charge < -0.3 is 15.8 Å². The average Bonchev–Trinajstić information content (AvgIpc) is 2.71. The summed E-state index contributed by atoms with van der Waals surface area (Å²) in [6, 6.07) is -1.04. The quantitative estimate of drug-likeness (QED) is 0.794. The van der Waals surface area contributed by atoms with Crippen molar-refractivity contribution in [1.82, 2.24) is 15.5 Å². The number of rotatable bonds is 3. The van der Waals surface area contributed by atoms with E-state index in [0.29, 0.717) is 0 Å². The van der Waals surface area contributed by atoms with E-state index in [1.165, 1.54) is 0 Å². The number of aromatic amines is 1. The molecule has 0 fully saturated rings. The van der Waals surface area contributed by atoms with Crippen LogP contribution in [0, 0.1) is 0 Å². The van der Waals surface area contributed by atoms with Gasteiger partial charge in [0.1, 0.15) is 11.3 Å². The first-order chi connectivity index (χ1) is 9.04. The van der Waals surface area contributed by atoms with E-state index in [0.717, 1.165) is 6.20 Å². The van der Waals surface area contributed by atoms with Crippen LogP contribution in [0.5, 0.6) is 0 Å². The fourth-order valence-corrected chi connectivity index (χ4v) is 1.50. The first kappa shape index (κ1) is 16.3. The van der Waals surface area contributed by atoms with Crippen molar-refractivity contribution in [3.63, 3.8) is 0 Å². The second kappa shape index (κ2) is 5.70. The summed E-state index contributed by atoms with van der Waals surface area (Å²) in [7, 11) is 0. The van der Waals surface area contributed by atoms with Crippen LogP contribution in [0.4, 0.5) is 18.0 Å². The van der Waals surface area contributed by atoms with E-state index >= 15 is 0 Å². The first-order valence-corrected chi connectivity index (χ1v) is 5.84. The predicted octanol–water partition coefficient (Wildman–Crippen LogP) is 1.95. The molecule has 1 rings (SSSR count). The molecule has 0 bridgehead atoms. The van der Waals surface area contributed by atoms with Crippen molar-refractivity contribution in [3.05, 3.63) is 17.5 Å². The molecular formula is C11H17F3N4O2. The number of alkyl carbamates (subject to hydrolysis) is 1. The number of alkyl halides is 3. The van der Waals surface area contributed by atoms with Crippen molar-refractivity contribution in [2.24, 2.45) is 5.73 Å². The highest BCUT2D eigenvalue weighted by Crippen LogP contribution is 2.32. The maximum absolute atomic E-state index is 12.7. The number of ether oxygens (including phenoxy) is 1. The number of H-pyrrole nitrogens is 1. The number of aromatic nitrogens is 2. The Morgan fingerprint density at radius 2 is 2.10 bits per heavy atom. The van der Waals surface area contributed by atoms with Crippen LogP contribution in [0.15, 0.2) is 6.20 Å². The standard InChI is InChI=1S/C11H17F3N4O2/c1-10(2,3)20-9(19)17-7(4-15)6-5-16-18-8(6)11(12,13)14/h5,7H,4,15H2,1-3H3,(H,16,18)(H,17,19). The van der Waals surface area contributed by atoms with E-state index < -0.39 is 29.6 Å². The van der Waals surface area contributed by atoms with Crippen LogP contribution in [0.1, 0.15) is 38.1 Å². The molecular weight excluding hydrogens is 277 g/mol. The lowest BCUT2D eigenvalue weighted by atomic mass is 10.1. The lowest BCUT2D eigenvalue weighted by Gasteiger charge is -2.23. The molecule has 6 nitrogen and oxygen atoms in total. The van der Waals surface area contributed by atoms with Crippen LogP contribution >= 0.6 is 0 Å². The number of nitrogens with two attached hydrogens (primary N) is 1. The molecule has 1 aromatic heterocycles. The van der Waals surface area contributed by atoms with Crippen LogP contribution in [0.2, 0.25) is 0 Å². The molecule has 0 aliphatic carbocycles. The van der Waals surface area contributed by atoms with Crippen LogP contribution in [0.3, 0.4) is 0 Å². The Hall–Kier alpha value is -1.77. The van der Waals surface area contributed by atoms with Crippen molar-refractivity contribution in [1.29, 1.82) is 0 Å². The minimum absolute atomic E-state index is 0.220. The third-order valence-corrected chi connectivity index (χ3v) is 2.25. The average molecular weight is 294 g/mol. The molecule has 20 heavy (non-hydrogen) atoms. The summed E-state index contributed by atoms with van der Waals surface area (Å²) in [6.45, 7) is 4.71. The van der Waals surface area contributed by atoms with E-state index in [9.17, 15) is 18.0 Å². The molecule has 0 saturated carbocycles. The number of amides is 1. The largest absolute Gasteiger partial charge is 0.444 e. The minimum atomic E-state index is -4.60. The molecule has 1 unspecified atom stereocenters. The summed E-state index contributed by atoms with van der Waals surface area (Å²) in [5, 5.41) is 7.50. The van der Waals surface area contributed by atoms with Gasteiger partial charge in [0.25, 0.3) is 0 Å².